The molecular weight excluding hydrogens is 532 g/mol. The van der Waals surface area contributed by atoms with Gasteiger partial charge in [0.1, 0.15) is 17.4 Å². The Bertz CT molecular complexity index is 1810. The van der Waals surface area contributed by atoms with Gasteiger partial charge in [0.25, 0.3) is 5.91 Å². The zero-order valence-electron chi connectivity index (χ0n) is 23.2. The van der Waals surface area contributed by atoms with Crippen LogP contribution in [-0.2, 0) is 19.5 Å². The predicted octanol–water partition coefficient (Wildman–Crippen LogP) is 4.63. The molecule has 10 nitrogen and oxygen atoms in total. The van der Waals surface area contributed by atoms with Crippen molar-refractivity contribution in [2.24, 2.45) is 5.73 Å². The first-order valence-electron chi connectivity index (χ1n) is 13.3. The number of aromatic nitrogens is 3. The summed E-state index contributed by atoms with van der Waals surface area (Å²) >= 11 is 0. The van der Waals surface area contributed by atoms with Crippen LogP contribution in [0, 0.1) is 5.41 Å². The van der Waals surface area contributed by atoms with Crippen LogP contribution in [0.3, 0.4) is 0 Å². The van der Waals surface area contributed by atoms with Gasteiger partial charge < -0.3 is 25.5 Å². The van der Waals surface area contributed by atoms with E-state index < -0.39 is 5.97 Å². The number of aryl methyl sites for hydroxylation is 1. The van der Waals surface area contributed by atoms with Gasteiger partial charge in [-0.1, -0.05) is 18.2 Å². The van der Waals surface area contributed by atoms with E-state index >= 15 is 0 Å². The van der Waals surface area contributed by atoms with E-state index in [2.05, 4.69) is 26.0 Å². The summed E-state index contributed by atoms with van der Waals surface area (Å²) in [5.41, 5.74) is 10.7. The lowest BCUT2D eigenvalue weighted by Gasteiger charge is -2.15. The van der Waals surface area contributed by atoms with E-state index in [1.807, 2.05) is 31.2 Å². The molecule has 5 aromatic rings. The van der Waals surface area contributed by atoms with Crippen LogP contribution in [0.2, 0.25) is 0 Å². The summed E-state index contributed by atoms with van der Waals surface area (Å²) < 4.78 is 7.38. The first-order chi connectivity index (χ1) is 20.3. The number of carbonyl (C=O) groups is 2. The van der Waals surface area contributed by atoms with Crippen LogP contribution in [0.25, 0.3) is 22.0 Å². The van der Waals surface area contributed by atoms with Crippen molar-refractivity contribution in [1.82, 2.24) is 19.9 Å². The fourth-order valence-electron chi connectivity index (χ4n) is 5.01. The molecule has 0 aliphatic heterocycles. The van der Waals surface area contributed by atoms with E-state index in [1.165, 1.54) is 13.2 Å². The van der Waals surface area contributed by atoms with Crippen LogP contribution in [0.15, 0.2) is 79.3 Å². The molecule has 0 atom stereocenters. The Morgan fingerprint density at radius 1 is 1.00 bits per heavy atom. The molecule has 0 aliphatic rings. The Labute approximate surface area is 242 Å². The van der Waals surface area contributed by atoms with Crippen LogP contribution in [0.1, 0.15) is 50.2 Å². The number of nitrogens with two attached hydrogens (primary N) is 1. The van der Waals surface area contributed by atoms with E-state index in [0.29, 0.717) is 40.2 Å². The minimum atomic E-state index is -1.11. The van der Waals surface area contributed by atoms with Crippen LogP contribution < -0.4 is 15.8 Å². The van der Waals surface area contributed by atoms with Crippen molar-refractivity contribution in [2.45, 2.75) is 26.4 Å². The summed E-state index contributed by atoms with van der Waals surface area (Å²) in [5.74, 6) is -0.545. The van der Waals surface area contributed by atoms with E-state index in [-0.39, 0.29) is 23.9 Å². The van der Waals surface area contributed by atoms with Gasteiger partial charge in [0.2, 0.25) is 0 Å². The molecule has 0 spiro atoms. The second-order valence-corrected chi connectivity index (χ2v) is 9.70. The fraction of sp³-hybridized carbons (Fsp3) is 0.156. The molecule has 0 radical (unpaired) electrons. The maximum absolute atomic E-state index is 13.2. The molecule has 3 aromatic carbocycles. The van der Waals surface area contributed by atoms with Crippen LogP contribution in [0.4, 0.5) is 0 Å². The number of hydrogen-bond donors (Lipinski definition) is 4. The summed E-state index contributed by atoms with van der Waals surface area (Å²) in [4.78, 5) is 33.8. The zero-order valence-corrected chi connectivity index (χ0v) is 23.2. The van der Waals surface area contributed by atoms with Crippen molar-refractivity contribution in [2.75, 3.05) is 7.11 Å². The Balaban J connectivity index is 1.60. The predicted molar refractivity (Wildman–Crippen MR) is 160 cm³/mol. The van der Waals surface area contributed by atoms with E-state index in [9.17, 15) is 14.7 Å². The quantitative estimate of drug-likeness (QED) is 0.143. The van der Waals surface area contributed by atoms with Gasteiger partial charge in [0.05, 0.1) is 19.2 Å². The normalized spacial score (nSPS) is 10.9. The number of fused-ring (bicyclic) bond motifs is 1. The molecule has 10 heteroatoms. The third-order valence-electron chi connectivity index (χ3n) is 7.14. The highest BCUT2D eigenvalue weighted by atomic mass is 16.5. The monoisotopic (exact) mass is 562 g/mol. The number of nitrogens with zero attached hydrogens (tertiary/aromatic N) is 3. The van der Waals surface area contributed by atoms with Gasteiger partial charge in [-0.15, -0.1) is 0 Å². The SMILES string of the molecule is CCn1cc(Cc2ccc(C(=O)NCc3ncccn3)cc2-c2ccc(OC)cc2C(=O)O)c2ccc(C(=N)N)cc21. The summed E-state index contributed by atoms with van der Waals surface area (Å²) in [6, 6.07) is 17.6. The molecule has 5 N–H and O–H groups in total. The Morgan fingerprint density at radius 2 is 1.76 bits per heavy atom. The van der Waals surface area contributed by atoms with Gasteiger partial charge >= 0.3 is 5.97 Å². The number of nitrogen functional groups attached to an aromatic ring is 1. The molecule has 5 rings (SSSR count). The molecule has 0 fully saturated rings. The number of carboxylic acids is 1. The summed E-state index contributed by atoms with van der Waals surface area (Å²) in [6.45, 7) is 2.91. The van der Waals surface area contributed by atoms with Crippen molar-refractivity contribution in [3.63, 3.8) is 0 Å². The number of ether oxygens (including phenoxy) is 1. The van der Waals surface area contributed by atoms with Crippen LogP contribution >= 0.6 is 0 Å². The summed E-state index contributed by atoms with van der Waals surface area (Å²) in [5, 5.41) is 21.8. The zero-order chi connectivity index (χ0) is 29.8. The number of hydrogen-bond acceptors (Lipinski definition) is 6. The van der Waals surface area contributed by atoms with E-state index in [1.54, 1.807) is 42.7 Å². The largest absolute Gasteiger partial charge is 0.497 e. The van der Waals surface area contributed by atoms with Gasteiger partial charge in [-0.2, -0.15) is 0 Å². The molecule has 0 saturated carbocycles. The van der Waals surface area contributed by atoms with Gasteiger partial charge in [0.15, 0.2) is 0 Å². The summed E-state index contributed by atoms with van der Waals surface area (Å²) in [7, 11) is 1.48. The number of amides is 1. The molecule has 2 aromatic heterocycles. The number of benzene rings is 3. The number of carboxylic acid groups (broad SMARTS) is 1. The van der Waals surface area contributed by atoms with Crippen LogP contribution in [-0.4, -0.2) is 44.5 Å². The molecule has 1 amide bonds. The topological polar surface area (TPSA) is 156 Å². The summed E-state index contributed by atoms with van der Waals surface area (Å²) in [6.07, 6.45) is 5.75. The highest BCUT2D eigenvalue weighted by Gasteiger charge is 2.20. The Morgan fingerprint density at radius 3 is 2.45 bits per heavy atom. The van der Waals surface area contributed by atoms with E-state index in [0.717, 1.165) is 28.6 Å². The minimum Gasteiger partial charge on any atom is -0.497 e. The average Bonchev–Trinajstić information content (AvgIpc) is 3.36. The number of carbonyl (C=O) groups excluding carboxylic acids is 1. The first-order valence-corrected chi connectivity index (χ1v) is 13.3. The second-order valence-electron chi connectivity index (χ2n) is 9.70. The molecule has 2 heterocycles. The average molecular weight is 563 g/mol. The third kappa shape index (κ3) is 5.68. The number of amidine groups is 1. The van der Waals surface area contributed by atoms with Crippen molar-refractivity contribution < 1.29 is 19.4 Å². The molecular formula is C32H30N6O4. The molecule has 0 aliphatic carbocycles. The number of nitrogens with one attached hydrogen (secondary N) is 2. The molecule has 0 bridgehead atoms. The lowest BCUT2D eigenvalue weighted by molar-refractivity contribution is 0.0697. The number of rotatable bonds is 10. The molecule has 0 unspecified atom stereocenters. The highest BCUT2D eigenvalue weighted by molar-refractivity contribution is 6.01. The third-order valence-corrected chi connectivity index (χ3v) is 7.14. The number of aromatic carboxylic acids is 1. The standard InChI is InChI=1S/C32H30N6O4/c1-3-38-18-22(24-9-7-20(30(33)34)15-28(24)38)13-19-5-6-21(31(39)37-17-29-35-11-4-12-36-29)14-26(19)25-10-8-23(42-2)16-27(25)32(40)41/h4-12,14-16,18H,3,13,17H2,1-2H3,(H3,33,34)(H,37,39)(H,40,41). The second kappa shape index (κ2) is 11.9. The van der Waals surface area contributed by atoms with Crippen molar-refractivity contribution >= 4 is 28.6 Å². The fourth-order valence-corrected chi connectivity index (χ4v) is 5.01. The first kappa shape index (κ1) is 28.0. The highest BCUT2D eigenvalue weighted by Crippen LogP contribution is 2.34. The minimum absolute atomic E-state index is 0.00186. The molecule has 42 heavy (non-hydrogen) atoms. The molecule has 0 saturated heterocycles. The van der Waals surface area contributed by atoms with Gasteiger partial charge in [-0.05, 0) is 71.6 Å². The van der Waals surface area contributed by atoms with Gasteiger partial charge in [-0.3, -0.25) is 10.2 Å². The van der Waals surface area contributed by atoms with E-state index in [4.69, 9.17) is 15.9 Å². The Kier molecular flexibility index (Phi) is 7.96. The van der Waals surface area contributed by atoms with Crippen molar-refractivity contribution in [3.05, 3.63) is 113 Å². The maximum Gasteiger partial charge on any atom is 0.336 e. The Hall–Kier alpha value is -5.51. The lowest BCUT2D eigenvalue weighted by Crippen LogP contribution is -2.24. The van der Waals surface area contributed by atoms with Gasteiger partial charge in [-0.25, -0.2) is 14.8 Å². The number of methoxy groups -OCH3 is 1. The molecule has 212 valence electrons. The smallest absolute Gasteiger partial charge is 0.336 e. The van der Waals surface area contributed by atoms with Crippen molar-refractivity contribution in [1.29, 1.82) is 5.41 Å². The van der Waals surface area contributed by atoms with Crippen LogP contribution in [0.5, 0.6) is 5.75 Å². The lowest BCUT2D eigenvalue weighted by atomic mass is 9.90. The van der Waals surface area contributed by atoms with Gasteiger partial charge in [0, 0.05) is 53.6 Å². The van der Waals surface area contributed by atoms with Crippen molar-refractivity contribution in [3.8, 4) is 16.9 Å². The maximum atomic E-state index is 13.2.